The van der Waals surface area contributed by atoms with Crippen molar-refractivity contribution >= 4 is 17.8 Å². The summed E-state index contributed by atoms with van der Waals surface area (Å²) in [5, 5.41) is 2.79. The molecule has 0 radical (unpaired) electrons. The summed E-state index contributed by atoms with van der Waals surface area (Å²) in [6, 6.07) is 8.59. The molecule has 3 unspecified atom stereocenters. The molecule has 4 aliphatic rings. The number of hydrogen-bond acceptors (Lipinski definition) is 6. The fourth-order valence-corrected chi connectivity index (χ4v) is 6.83. The first-order chi connectivity index (χ1) is 15.5. The number of Topliss-reactive ketones (excluding diaryl/α,β-unsaturated/α-hetero) is 1. The Balaban J connectivity index is 1.70. The number of hydrogen-bond donors (Lipinski definition) is 2. The summed E-state index contributed by atoms with van der Waals surface area (Å²) in [5.41, 5.74) is 4.82. The van der Waals surface area contributed by atoms with E-state index < -0.39 is 34.7 Å². The first-order valence-corrected chi connectivity index (χ1v) is 11.9. The maximum Gasteiger partial charge on any atom is 0.408 e. The summed E-state index contributed by atoms with van der Waals surface area (Å²) in [4.78, 5) is 40.2. The van der Waals surface area contributed by atoms with E-state index in [0.29, 0.717) is 24.7 Å². The normalized spacial score (nSPS) is 33.3. The number of ketones is 1. The largest absolute Gasteiger partial charge is 0.469 e. The molecular weight excluding hydrogens is 420 g/mol. The predicted octanol–water partition coefficient (Wildman–Crippen LogP) is 3.39. The quantitative estimate of drug-likeness (QED) is 0.636. The van der Waals surface area contributed by atoms with Crippen molar-refractivity contribution in [2.75, 3.05) is 7.11 Å². The van der Waals surface area contributed by atoms with Crippen LogP contribution in [0.4, 0.5) is 4.79 Å². The molecule has 1 amide bonds. The second-order valence-corrected chi connectivity index (χ2v) is 11.2. The highest BCUT2D eigenvalue weighted by Crippen LogP contribution is 2.64. The number of carbonyl (C=O) groups excluding carboxylic acids is 3. The van der Waals surface area contributed by atoms with E-state index in [-0.39, 0.29) is 18.1 Å². The van der Waals surface area contributed by atoms with Gasteiger partial charge in [0.15, 0.2) is 5.78 Å². The molecule has 4 saturated carbocycles. The van der Waals surface area contributed by atoms with Crippen molar-refractivity contribution in [3.8, 4) is 0 Å². The van der Waals surface area contributed by atoms with Gasteiger partial charge >= 0.3 is 12.1 Å². The van der Waals surface area contributed by atoms with Crippen LogP contribution in [0.2, 0.25) is 0 Å². The maximum atomic E-state index is 14.3. The first-order valence-electron chi connectivity index (χ1n) is 11.9. The Hall–Kier alpha value is -2.41. The zero-order chi connectivity index (χ0) is 24.0. The van der Waals surface area contributed by atoms with Crippen LogP contribution in [-0.2, 0) is 25.5 Å². The molecule has 3 N–H and O–H groups in total. The average molecular weight is 457 g/mol. The molecule has 7 heteroatoms. The summed E-state index contributed by atoms with van der Waals surface area (Å²) in [6.45, 7) is 5.32. The Morgan fingerprint density at radius 1 is 1.09 bits per heavy atom. The molecule has 4 aliphatic carbocycles. The van der Waals surface area contributed by atoms with Crippen LogP contribution in [0.3, 0.4) is 0 Å². The van der Waals surface area contributed by atoms with Crippen molar-refractivity contribution < 1.29 is 23.9 Å². The van der Waals surface area contributed by atoms with Gasteiger partial charge in [-0.15, -0.1) is 0 Å². The van der Waals surface area contributed by atoms with Crippen molar-refractivity contribution in [3.63, 3.8) is 0 Å². The molecule has 4 bridgehead atoms. The van der Waals surface area contributed by atoms with Gasteiger partial charge in [0, 0.05) is 0 Å². The van der Waals surface area contributed by atoms with E-state index in [9.17, 15) is 14.4 Å². The van der Waals surface area contributed by atoms with Crippen LogP contribution in [0.5, 0.6) is 0 Å². The lowest BCUT2D eigenvalue weighted by Crippen LogP contribution is -2.77. The highest BCUT2D eigenvalue weighted by molar-refractivity contribution is 6.01. The highest BCUT2D eigenvalue weighted by Gasteiger charge is 2.71. The molecule has 1 aromatic carbocycles. The Kier molecular flexibility index (Phi) is 6.06. The number of nitrogens with two attached hydrogens (primary N) is 1. The van der Waals surface area contributed by atoms with E-state index in [1.54, 1.807) is 20.8 Å². The second kappa shape index (κ2) is 8.42. The predicted molar refractivity (Wildman–Crippen MR) is 123 cm³/mol. The monoisotopic (exact) mass is 456 g/mol. The van der Waals surface area contributed by atoms with Gasteiger partial charge in [-0.1, -0.05) is 30.3 Å². The SMILES string of the molecule is COC(=O)C12CC3CC(CC(C3)C1(N)C(=O)[C@H](Cc1ccccc1)NC(=O)OC(C)(C)C)C2. The molecule has 0 heterocycles. The van der Waals surface area contributed by atoms with Gasteiger partial charge < -0.3 is 20.5 Å². The van der Waals surface area contributed by atoms with E-state index >= 15 is 0 Å². The average Bonchev–Trinajstić information content (AvgIpc) is 2.74. The lowest BCUT2D eigenvalue weighted by Gasteiger charge is -2.64. The number of alkyl carbamates (subject to hydrolysis) is 1. The van der Waals surface area contributed by atoms with Gasteiger partial charge in [-0.2, -0.15) is 0 Å². The number of nitrogens with one attached hydrogen (secondary N) is 1. The van der Waals surface area contributed by atoms with Crippen LogP contribution in [0, 0.1) is 23.2 Å². The molecule has 5 rings (SSSR count). The van der Waals surface area contributed by atoms with Crippen LogP contribution < -0.4 is 11.1 Å². The van der Waals surface area contributed by atoms with Gasteiger partial charge in [0.1, 0.15) is 5.60 Å². The van der Waals surface area contributed by atoms with Crippen LogP contribution in [-0.4, -0.2) is 42.1 Å². The number of amides is 1. The van der Waals surface area contributed by atoms with Gasteiger partial charge in [0.05, 0.1) is 24.1 Å². The molecule has 33 heavy (non-hydrogen) atoms. The van der Waals surface area contributed by atoms with Crippen molar-refractivity contribution in [3.05, 3.63) is 35.9 Å². The minimum absolute atomic E-state index is 0.103. The zero-order valence-electron chi connectivity index (χ0n) is 20.1. The summed E-state index contributed by atoms with van der Waals surface area (Å²) in [5.74, 6) is -0.0245. The van der Waals surface area contributed by atoms with Gasteiger partial charge in [0.2, 0.25) is 0 Å². The molecule has 4 fully saturated rings. The van der Waals surface area contributed by atoms with E-state index in [1.807, 2.05) is 30.3 Å². The van der Waals surface area contributed by atoms with Crippen LogP contribution in [0.15, 0.2) is 30.3 Å². The third kappa shape index (κ3) is 4.16. The smallest absolute Gasteiger partial charge is 0.408 e. The topological polar surface area (TPSA) is 108 Å². The standard InChI is InChI=1S/C26H36N2O5/c1-24(2,3)33-23(31)28-20(13-16-8-6-5-7-9-16)21(29)26(27)19-11-17-10-18(12-19)15-25(26,14-17)22(30)32-4/h5-9,17-20H,10-15,27H2,1-4H3,(H,28,31)/t17?,18?,19?,20-,25?,26?/m0/s1. The third-order valence-corrected chi connectivity index (χ3v) is 7.89. The van der Waals surface area contributed by atoms with Crippen LogP contribution in [0.25, 0.3) is 0 Å². The minimum Gasteiger partial charge on any atom is -0.469 e. The van der Waals surface area contributed by atoms with Crippen molar-refractivity contribution in [1.29, 1.82) is 0 Å². The summed E-state index contributed by atoms with van der Waals surface area (Å²) in [7, 11) is 1.37. The number of carbonyl (C=O) groups is 3. The zero-order valence-corrected chi connectivity index (χ0v) is 20.1. The van der Waals surface area contributed by atoms with Crippen LogP contribution in [0.1, 0.15) is 58.4 Å². The Morgan fingerprint density at radius 3 is 2.24 bits per heavy atom. The Bertz CT molecular complexity index is 910. The third-order valence-electron chi connectivity index (χ3n) is 7.89. The van der Waals surface area contributed by atoms with Gasteiger partial charge in [0.25, 0.3) is 0 Å². The molecular formula is C26H36N2O5. The lowest BCUT2D eigenvalue weighted by molar-refractivity contribution is -0.189. The van der Waals surface area contributed by atoms with Gasteiger partial charge in [-0.25, -0.2) is 4.79 Å². The summed E-state index contributed by atoms with van der Waals surface area (Å²) < 4.78 is 10.7. The molecule has 1 aromatic rings. The molecule has 7 nitrogen and oxygen atoms in total. The number of ether oxygens (including phenoxy) is 2. The Labute approximate surface area is 195 Å². The second-order valence-electron chi connectivity index (χ2n) is 11.2. The summed E-state index contributed by atoms with van der Waals surface area (Å²) >= 11 is 0. The number of esters is 1. The molecule has 0 aliphatic heterocycles. The number of benzene rings is 1. The van der Waals surface area contributed by atoms with Crippen LogP contribution >= 0.6 is 0 Å². The molecule has 0 aromatic heterocycles. The van der Waals surface area contributed by atoms with Crippen molar-refractivity contribution in [1.82, 2.24) is 5.32 Å². The number of rotatable bonds is 6. The van der Waals surface area contributed by atoms with E-state index in [1.165, 1.54) is 7.11 Å². The van der Waals surface area contributed by atoms with Crippen molar-refractivity contribution in [2.24, 2.45) is 28.9 Å². The fraction of sp³-hybridized carbons (Fsp3) is 0.654. The molecule has 0 spiro atoms. The number of methoxy groups -OCH3 is 1. The first kappa shape index (κ1) is 23.7. The van der Waals surface area contributed by atoms with Gasteiger partial charge in [-0.3, -0.25) is 9.59 Å². The van der Waals surface area contributed by atoms with E-state index in [4.69, 9.17) is 15.2 Å². The van der Waals surface area contributed by atoms with Gasteiger partial charge in [-0.05, 0) is 82.6 Å². The van der Waals surface area contributed by atoms with E-state index in [0.717, 1.165) is 24.8 Å². The molecule has 180 valence electrons. The molecule has 4 atom stereocenters. The Morgan fingerprint density at radius 2 is 1.70 bits per heavy atom. The molecule has 0 saturated heterocycles. The fourth-order valence-electron chi connectivity index (χ4n) is 6.83. The highest BCUT2D eigenvalue weighted by atomic mass is 16.6. The van der Waals surface area contributed by atoms with E-state index in [2.05, 4.69) is 5.32 Å². The van der Waals surface area contributed by atoms with Crippen molar-refractivity contribution in [2.45, 2.75) is 76.5 Å². The minimum atomic E-state index is -1.39. The maximum absolute atomic E-state index is 14.3. The summed E-state index contributed by atoms with van der Waals surface area (Å²) in [6.07, 6.45) is 3.50. The lowest BCUT2D eigenvalue weighted by atomic mass is 9.40.